The predicted octanol–water partition coefficient (Wildman–Crippen LogP) is 2.29. The molecule has 0 aromatic heterocycles. The molecule has 2 aromatic rings. The third-order valence-corrected chi connectivity index (χ3v) is 5.72. The molecule has 0 bridgehead atoms. The van der Waals surface area contributed by atoms with E-state index in [0.29, 0.717) is 11.3 Å². The minimum Gasteiger partial charge on any atom is -0.354 e. The number of rotatable bonds is 4. The molecule has 1 aliphatic heterocycles. The second kappa shape index (κ2) is 6.79. The first kappa shape index (κ1) is 17.3. The number of hydrogen-bond acceptors (Lipinski definition) is 6. The van der Waals surface area contributed by atoms with E-state index in [2.05, 4.69) is 0 Å². The van der Waals surface area contributed by atoms with Gasteiger partial charge >= 0.3 is 0 Å². The van der Waals surface area contributed by atoms with Crippen LogP contribution in [0.3, 0.4) is 0 Å². The number of benzene rings is 2. The lowest BCUT2D eigenvalue weighted by atomic mass is 10.2. The van der Waals surface area contributed by atoms with Crippen molar-refractivity contribution in [3.63, 3.8) is 0 Å². The summed E-state index contributed by atoms with van der Waals surface area (Å²) in [5.41, 5.74) is 0.600. The zero-order valence-electron chi connectivity index (χ0n) is 13.4. The number of ether oxygens (including phenoxy) is 2. The van der Waals surface area contributed by atoms with Gasteiger partial charge in [-0.05, 0) is 12.1 Å². The summed E-state index contributed by atoms with van der Waals surface area (Å²) in [5.74, 6) is 0. The van der Waals surface area contributed by atoms with E-state index >= 15 is 0 Å². The molecular formula is C16H16N2O6S. The number of nitro groups is 1. The molecule has 132 valence electrons. The van der Waals surface area contributed by atoms with Crippen molar-refractivity contribution in [2.75, 3.05) is 18.0 Å². The Hall–Kier alpha value is -2.49. The minimum atomic E-state index is -4.19. The summed E-state index contributed by atoms with van der Waals surface area (Å²) in [6, 6.07) is 12.1. The number of methoxy groups -OCH3 is 1. The predicted molar refractivity (Wildman–Crippen MR) is 89.7 cm³/mol. The average Bonchev–Trinajstić information content (AvgIpc) is 2.81. The minimum absolute atomic E-state index is 0.109. The molecule has 0 saturated heterocycles. The first-order valence-corrected chi connectivity index (χ1v) is 8.87. The normalized spacial score (nSPS) is 17.6. The lowest BCUT2D eigenvalue weighted by Crippen LogP contribution is -2.38. The van der Waals surface area contributed by atoms with E-state index in [-0.39, 0.29) is 18.0 Å². The fourth-order valence-corrected chi connectivity index (χ4v) is 4.31. The standard InChI is InChI=1S/C16H16N2O6S/c1-23-16-10-17(13-7-3-2-6-12(13)11-24-16)25(21,22)15-9-5-4-8-14(15)18(19)20/h2-9,16H,10-11H2,1H3/t16-/m1/s1. The van der Waals surface area contributed by atoms with Crippen LogP contribution in [-0.4, -0.2) is 33.3 Å². The van der Waals surface area contributed by atoms with Crippen LogP contribution in [0.1, 0.15) is 5.56 Å². The van der Waals surface area contributed by atoms with Crippen molar-refractivity contribution in [3.05, 3.63) is 64.2 Å². The van der Waals surface area contributed by atoms with Crippen LogP contribution < -0.4 is 4.31 Å². The van der Waals surface area contributed by atoms with Gasteiger partial charge in [0.1, 0.15) is 0 Å². The highest BCUT2D eigenvalue weighted by atomic mass is 32.2. The fraction of sp³-hybridized carbons (Fsp3) is 0.250. The van der Waals surface area contributed by atoms with Gasteiger partial charge in [-0.15, -0.1) is 0 Å². The van der Waals surface area contributed by atoms with Gasteiger partial charge in [0, 0.05) is 18.7 Å². The van der Waals surface area contributed by atoms with Crippen molar-refractivity contribution in [1.29, 1.82) is 0 Å². The maximum atomic E-state index is 13.2. The summed E-state index contributed by atoms with van der Waals surface area (Å²) in [4.78, 5) is 10.2. The van der Waals surface area contributed by atoms with Gasteiger partial charge in [-0.1, -0.05) is 30.3 Å². The lowest BCUT2D eigenvalue weighted by Gasteiger charge is -2.25. The molecule has 0 amide bonds. The Morgan fingerprint density at radius 2 is 1.88 bits per heavy atom. The molecule has 0 unspecified atom stereocenters. The SMILES string of the molecule is CO[C@H]1CN(S(=O)(=O)c2ccccc2[N+](=O)[O-])c2ccccc2CO1. The molecule has 9 heteroatoms. The van der Waals surface area contributed by atoms with Gasteiger partial charge < -0.3 is 9.47 Å². The fourth-order valence-electron chi connectivity index (χ4n) is 2.66. The maximum Gasteiger partial charge on any atom is 0.289 e. The Balaban J connectivity index is 2.17. The van der Waals surface area contributed by atoms with Gasteiger partial charge in [-0.25, -0.2) is 8.42 Å². The summed E-state index contributed by atoms with van der Waals surface area (Å²) in [7, 11) is -2.77. The van der Waals surface area contributed by atoms with E-state index in [1.807, 2.05) is 0 Å². The molecule has 3 rings (SSSR count). The zero-order valence-corrected chi connectivity index (χ0v) is 14.2. The van der Waals surface area contributed by atoms with E-state index < -0.39 is 26.9 Å². The number of anilines is 1. The molecule has 0 spiro atoms. The highest BCUT2D eigenvalue weighted by Crippen LogP contribution is 2.33. The first-order valence-electron chi connectivity index (χ1n) is 7.43. The van der Waals surface area contributed by atoms with Crippen LogP contribution in [0.2, 0.25) is 0 Å². The smallest absolute Gasteiger partial charge is 0.289 e. The van der Waals surface area contributed by atoms with Crippen LogP contribution in [0.4, 0.5) is 11.4 Å². The molecule has 25 heavy (non-hydrogen) atoms. The topological polar surface area (TPSA) is 99.0 Å². The quantitative estimate of drug-likeness (QED) is 0.610. The second-order valence-corrected chi connectivity index (χ2v) is 7.20. The van der Waals surface area contributed by atoms with Crippen molar-refractivity contribution in [2.45, 2.75) is 17.8 Å². The van der Waals surface area contributed by atoms with Crippen molar-refractivity contribution in [1.82, 2.24) is 0 Å². The van der Waals surface area contributed by atoms with E-state index in [9.17, 15) is 18.5 Å². The largest absolute Gasteiger partial charge is 0.354 e. The molecule has 8 nitrogen and oxygen atoms in total. The summed E-state index contributed by atoms with van der Waals surface area (Å²) in [6.45, 7) is 0.0689. The van der Waals surface area contributed by atoms with Crippen molar-refractivity contribution in [3.8, 4) is 0 Å². The van der Waals surface area contributed by atoms with Crippen LogP contribution in [0.5, 0.6) is 0 Å². The van der Waals surface area contributed by atoms with Gasteiger partial charge in [0.2, 0.25) is 0 Å². The summed E-state index contributed by atoms with van der Waals surface area (Å²) in [6.07, 6.45) is -0.787. The highest BCUT2D eigenvalue weighted by molar-refractivity contribution is 7.93. The number of nitrogens with zero attached hydrogens (tertiary/aromatic N) is 2. The number of nitro benzene ring substituents is 1. The Morgan fingerprint density at radius 3 is 2.60 bits per heavy atom. The number of fused-ring (bicyclic) bond motifs is 1. The van der Waals surface area contributed by atoms with Gasteiger partial charge in [0.05, 0.1) is 23.8 Å². The molecule has 0 N–H and O–H groups in total. The number of para-hydroxylation sites is 2. The molecule has 2 aromatic carbocycles. The Labute approximate surface area is 144 Å². The van der Waals surface area contributed by atoms with E-state index in [1.165, 1.54) is 31.4 Å². The van der Waals surface area contributed by atoms with Crippen molar-refractivity contribution in [2.24, 2.45) is 0 Å². The first-order chi connectivity index (χ1) is 11.9. The average molecular weight is 364 g/mol. The molecule has 1 aliphatic rings. The molecule has 1 heterocycles. The van der Waals surface area contributed by atoms with E-state index in [0.717, 1.165) is 4.31 Å². The van der Waals surface area contributed by atoms with Gasteiger partial charge in [0.15, 0.2) is 11.2 Å². The van der Waals surface area contributed by atoms with Crippen LogP contribution >= 0.6 is 0 Å². The summed E-state index contributed by atoms with van der Waals surface area (Å²) < 4.78 is 38.2. The summed E-state index contributed by atoms with van der Waals surface area (Å²) >= 11 is 0. The second-order valence-electron chi connectivity index (χ2n) is 5.37. The number of hydrogen-bond donors (Lipinski definition) is 0. The van der Waals surface area contributed by atoms with Gasteiger partial charge in [-0.3, -0.25) is 14.4 Å². The molecule has 0 fully saturated rings. The van der Waals surface area contributed by atoms with Crippen molar-refractivity contribution < 1.29 is 22.8 Å². The van der Waals surface area contributed by atoms with E-state index in [1.54, 1.807) is 24.3 Å². The van der Waals surface area contributed by atoms with Crippen LogP contribution in [-0.2, 0) is 26.1 Å². The third-order valence-electron chi connectivity index (χ3n) is 3.89. The van der Waals surface area contributed by atoms with Crippen LogP contribution in [0.25, 0.3) is 0 Å². The molecular weight excluding hydrogens is 348 g/mol. The maximum absolute atomic E-state index is 13.2. The highest BCUT2D eigenvalue weighted by Gasteiger charge is 2.35. The monoisotopic (exact) mass is 364 g/mol. The third kappa shape index (κ3) is 3.21. The Kier molecular flexibility index (Phi) is 4.71. The zero-order chi connectivity index (χ0) is 18.0. The van der Waals surface area contributed by atoms with E-state index in [4.69, 9.17) is 9.47 Å². The Morgan fingerprint density at radius 1 is 1.20 bits per heavy atom. The summed E-state index contributed by atoms with van der Waals surface area (Å²) in [5, 5.41) is 11.3. The van der Waals surface area contributed by atoms with Gasteiger partial charge in [0.25, 0.3) is 15.7 Å². The lowest BCUT2D eigenvalue weighted by molar-refractivity contribution is -0.387. The van der Waals surface area contributed by atoms with Crippen molar-refractivity contribution >= 4 is 21.4 Å². The molecule has 0 saturated carbocycles. The number of sulfonamides is 1. The molecule has 0 aliphatic carbocycles. The molecule has 1 atom stereocenters. The Bertz CT molecular complexity index is 899. The van der Waals surface area contributed by atoms with Crippen LogP contribution in [0.15, 0.2) is 53.4 Å². The van der Waals surface area contributed by atoms with Crippen LogP contribution in [0, 0.1) is 10.1 Å². The molecule has 0 radical (unpaired) electrons. The van der Waals surface area contributed by atoms with Gasteiger partial charge in [-0.2, -0.15) is 0 Å².